The van der Waals surface area contributed by atoms with Crippen molar-refractivity contribution in [1.82, 2.24) is 4.90 Å². The van der Waals surface area contributed by atoms with Gasteiger partial charge in [-0.25, -0.2) is 9.59 Å². The Morgan fingerprint density at radius 3 is 2.26 bits per heavy atom. The molecule has 1 aliphatic heterocycles. The van der Waals surface area contributed by atoms with Gasteiger partial charge in [0.05, 0.1) is 5.54 Å². The number of hydrogen-bond donors (Lipinski definition) is 0. The van der Waals surface area contributed by atoms with Crippen LogP contribution in [0.5, 0.6) is 0 Å². The van der Waals surface area contributed by atoms with Gasteiger partial charge in [0, 0.05) is 5.92 Å². The number of rotatable bonds is 2. The van der Waals surface area contributed by atoms with E-state index in [1.54, 1.807) is 6.92 Å². The van der Waals surface area contributed by atoms with E-state index >= 15 is 0 Å². The Morgan fingerprint density at radius 1 is 1.11 bits per heavy atom. The van der Waals surface area contributed by atoms with Crippen molar-refractivity contribution >= 4 is 12.1 Å². The molecular formula is C22H23NO4. The van der Waals surface area contributed by atoms with Crippen molar-refractivity contribution in [3.05, 3.63) is 59.7 Å². The molecule has 0 aromatic heterocycles. The first-order valence-electron chi connectivity index (χ1n) is 9.21. The van der Waals surface area contributed by atoms with Crippen LogP contribution in [0.25, 0.3) is 11.1 Å². The number of morpholine rings is 1. The number of carbonyl (C=O) groups is 2. The summed E-state index contributed by atoms with van der Waals surface area (Å²) in [4.78, 5) is 26.3. The van der Waals surface area contributed by atoms with Gasteiger partial charge in [0.1, 0.15) is 19.3 Å². The summed E-state index contributed by atoms with van der Waals surface area (Å²) in [7, 11) is 0. The molecule has 0 bridgehead atoms. The van der Waals surface area contributed by atoms with Crippen molar-refractivity contribution in [3.63, 3.8) is 0 Å². The van der Waals surface area contributed by atoms with E-state index in [0.717, 1.165) is 11.1 Å². The minimum absolute atomic E-state index is 0.00323. The SMILES string of the molecule is C[C@H]1C(=O)OCC(C)(C)N1C(=O)OCC1c2ccccc2-c2ccccc21. The van der Waals surface area contributed by atoms with Crippen LogP contribution in [-0.4, -0.2) is 41.8 Å². The summed E-state index contributed by atoms with van der Waals surface area (Å²) in [5.74, 6) is -0.403. The zero-order valence-corrected chi connectivity index (χ0v) is 15.8. The number of hydrogen-bond acceptors (Lipinski definition) is 4. The molecule has 0 unspecified atom stereocenters. The topological polar surface area (TPSA) is 55.8 Å². The number of nitrogens with zero attached hydrogens (tertiary/aromatic N) is 1. The van der Waals surface area contributed by atoms with E-state index in [2.05, 4.69) is 24.3 Å². The van der Waals surface area contributed by atoms with Crippen LogP contribution in [-0.2, 0) is 14.3 Å². The van der Waals surface area contributed by atoms with Gasteiger partial charge >= 0.3 is 12.1 Å². The fraction of sp³-hybridized carbons (Fsp3) is 0.364. The summed E-state index contributed by atoms with van der Waals surface area (Å²) in [6, 6.07) is 15.8. The van der Waals surface area contributed by atoms with Crippen LogP contribution in [0, 0.1) is 0 Å². The largest absolute Gasteiger partial charge is 0.462 e. The molecule has 27 heavy (non-hydrogen) atoms. The Hall–Kier alpha value is -2.82. The average Bonchev–Trinajstić information content (AvgIpc) is 2.97. The predicted molar refractivity (Wildman–Crippen MR) is 101 cm³/mol. The average molecular weight is 365 g/mol. The van der Waals surface area contributed by atoms with Gasteiger partial charge in [-0.1, -0.05) is 48.5 Å². The molecule has 0 spiro atoms. The minimum Gasteiger partial charge on any atom is -0.462 e. The molecule has 140 valence electrons. The number of ether oxygens (including phenoxy) is 2. The Balaban J connectivity index is 1.57. The lowest BCUT2D eigenvalue weighted by molar-refractivity contribution is -0.165. The summed E-state index contributed by atoms with van der Waals surface area (Å²) in [5.41, 5.74) is 4.10. The highest BCUT2D eigenvalue weighted by molar-refractivity contribution is 5.83. The van der Waals surface area contributed by atoms with Crippen LogP contribution in [0.1, 0.15) is 37.8 Å². The number of cyclic esters (lactones) is 1. The second-order valence-corrected chi connectivity index (χ2v) is 7.77. The molecule has 1 heterocycles. The molecule has 1 amide bonds. The molecule has 4 rings (SSSR count). The maximum Gasteiger partial charge on any atom is 0.411 e. The van der Waals surface area contributed by atoms with Gasteiger partial charge in [-0.3, -0.25) is 4.90 Å². The maximum atomic E-state index is 12.8. The molecule has 5 nitrogen and oxygen atoms in total. The van der Waals surface area contributed by atoms with Gasteiger partial charge < -0.3 is 9.47 Å². The normalized spacial score (nSPS) is 20.6. The summed E-state index contributed by atoms with van der Waals surface area (Å²) >= 11 is 0. The molecule has 2 aromatic carbocycles. The number of fused-ring (bicyclic) bond motifs is 3. The van der Waals surface area contributed by atoms with Gasteiger partial charge in [0.2, 0.25) is 0 Å². The highest BCUT2D eigenvalue weighted by atomic mass is 16.6. The van der Waals surface area contributed by atoms with Crippen molar-refractivity contribution in [3.8, 4) is 11.1 Å². The van der Waals surface area contributed by atoms with Gasteiger partial charge in [-0.05, 0) is 43.0 Å². The number of carbonyl (C=O) groups excluding carboxylic acids is 2. The zero-order valence-electron chi connectivity index (χ0n) is 15.8. The summed E-state index contributed by atoms with van der Waals surface area (Å²) < 4.78 is 10.9. The Labute approximate surface area is 158 Å². The van der Waals surface area contributed by atoms with Crippen molar-refractivity contribution in [2.24, 2.45) is 0 Å². The molecule has 1 saturated heterocycles. The smallest absolute Gasteiger partial charge is 0.411 e. The molecule has 1 fully saturated rings. The van der Waals surface area contributed by atoms with E-state index in [4.69, 9.17) is 9.47 Å². The molecule has 0 saturated carbocycles. The quantitative estimate of drug-likeness (QED) is 0.756. The molecule has 2 aliphatic rings. The fourth-order valence-corrected chi connectivity index (χ4v) is 4.14. The third-order valence-electron chi connectivity index (χ3n) is 5.48. The first-order valence-corrected chi connectivity index (χ1v) is 9.21. The lowest BCUT2D eigenvalue weighted by Gasteiger charge is -2.44. The molecule has 0 radical (unpaired) electrons. The van der Waals surface area contributed by atoms with Crippen LogP contribution in [0.4, 0.5) is 4.79 Å². The summed E-state index contributed by atoms with van der Waals surface area (Å²) in [5, 5.41) is 0. The third kappa shape index (κ3) is 2.87. The number of benzene rings is 2. The first kappa shape index (κ1) is 17.6. The highest BCUT2D eigenvalue weighted by Gasteiger charge is 2.44. The fourth-order valence-electron chi connectivity index (χ4n) is 4.14. The van der Waals surface area contributed by atoms with E-state index in [-0.39, 0.29) is 19.1 Å². The standard InChI is InChI=1S/C22H23NO4/c1-14-20(24)27-13-22(2,3)23(14)21(25)26-12-19-17-10-6-4-8-15(17)16-9-5-7-11-18(16)19/h4-11,14,19H,12-13H2,1-3H3/t14-/m0/s1. The van der Waals surface area contributed by atoms with Gasteiger partial charge in [-0.15, -0.1) is 0 Å². The van der Waals surface area contributed by atoms with E-state index in [0.29, 0.717) is 0 Å². The Bertz CT molecular complexity index is 859. The lowest BCUT2D eigenvalue weighted by Crippen LogP contribution is -2.61. The second-order valence-electron chi connectivity index (χ2n) is 7.77. The van der Waals surface area contributed by atoms with Crippen LogP contribution < -0.4 is 0 Å². The first-order chi connectivity index (χ1) is 12.9. The second kappa shape index (κ2) is 6.41. The van der Waals surface area contributed by atoms with Crippen molar-refractivity contribution in [2.75, 3.05) is 13.2 Å². The number of esters is 1. The maximum absolute atomic E-state index is 12.8. The molecule has 0 N–H and O–H groups in total. The monoisotopic (exact) mass is 365 g/mol. The summed E-state index contributed by atoms with van der Waals surface area (Å²) in [6.45, 7) is 5.82. The molecule has 2 aromatic rings. The Morgan fingerprint density at radius 2 is 1.67 bits per heavy atom. The van der Waals surface area contributed by atoms with E-state index in [9.17, 15) is 9.59 Å². The van der Waals surface area contributed by atoms with Gasteiger partial charge in [0.25, 0.3) is 0 Å². The van der Waals surface area contributed by atoms with Crippen molar-refractivity contribution in [2.45, 2.75) is 38.3 Å². The van der Waals surface area contributed by atoms with Crippen molar-refractivity contribution in [1.29, 1.82) is 0 Å². The van der Waals surface area contributed by atoms with Crippen LogP contribution >= 0.6 is 0 Å². The molecule has 1 atom stereocenters. The van der Waals surface area contributed by atoms with Crippen LogP contribution in [0.15, 0.2) is 48.5 Å². The van der Waals surface area contributed by atoms with Crippen LogP contribution in [0.2, 0.25) is 0 Å². The molecule has 5 heteroatoms. The van der Waals surface area contributed by atoms with Crippen LogP contribution in [0.3, 0.4) is 0 Å². The molecular weight excluding hydrogens is 342 g/mol. The third-order valence-corrected chi connectivity index (χ3v) is 5.48. The zero-order chi connectivity index (χ0) is 19.2. The van der Waals surface area contributed by atoms with Gasteiger partial charge in [-0.2, -0.15) is 0 Å². The highest BCUT2D eigenvalue weighted by Crippen LogP contribution is 2.44. The summed E-state index contributed by atoms with van der Waals surface area (Å²) in [6.07, 6.45) is -0.481. The minimum atomic E-state index is -0.663. The predicted octanol–water partition coefficient (Wildman–Crippen LogP) is 3.96. The molecule has 1 aliphatic carbocycles. The van der Waals surface area contributed by atoms with Gasteiger partial charge in [0.15, 0.2) is 0 Å². The van der Waals surface area contributed by atoms with Crippen molar-refractivity contribution < 1.29 is 19.1 Å². The number of amides is 1. The Kier molecular flexibility index (Phi) is 4.17. The lowest BCUT2D eigenvalue weighted by atomic mass is 9.98. The van der Waals surface area contributed by atoms with E-state index < -0.39 is 23.6 Å². The van der Waals surface area contributed by atoms with E-state index in [1.807, 2.05) is 38.1 Å². The van der Waals surface area contributed by atoms with E-state index in [1.165, 1.54) is 16.0 Å².